The molecule has 1 aliphatic heterocycles. The Bertz CT molecular complexity index is 429. The molecule has 1 fully saturated rings. The molecule has 2 atom stereocenters. The van der Waals surface area contributed by atoms with Crippen LogP contribution in [0.25, 0.3) is 0 Å². The van der Waals surface area contributed by atoms with E-state index >= 15 is 0 Å². The summed E-state index contributed by atoms with van der Waals surface area (Å²) in [7, 11) is 0. The molecule has 18 heavy (non-hydrogen) atoms. The summed E-state index contributed by atoms with van der Waals surface area (Å²) in [4.78, 5) is 23.2. The molecule has 96 valence electrons. The summed E-state index contributed by atoms with van der Waals surface area (Å²) < 4.78 is 0. The number of thioether (sulfide) groups is 1. The number of aliphatic carboxylic acids is 1. The molecule has 1 aliphatic rings. The summed E-state index contributed by atoms with van der Waals surface area (Å²) >= 11 is 1.59. The highest BCUT2D eigenvalue weighted by molar-refractivity contribution is 8.00. The van der Waals surface area contributed by atoms with Crippen molar-refractivity contribution in [3.05, 3.63) is 35.9 Å². The van der Waals surface area contributed by atoms with E-state index in [4.69, 9.17) is 0 Å². The third-order valence-electron chi connectivity index (χ3n) is 2.89. The van der Waals surface area contributed by atoms with Crippen molar-refractivity contribution in [3.63, 3.8) is 0 Å². The zero-order valence-corrected chi connectivity index (χ0v) is 10.7. The van der Waals surface area contributed by atoms with E-state index in [9.17, 15) is 14.7 Å². The molecule has 0 spiro atoms. The third kappa shape index (κ3) is 3.04. The van der Waals surface area contributed by atoms with Crippen LogP contribution in [0.4, 0.5) is 0 Å². The number of benzene rings is 1. The Labute approximate surface area is 110 Å². The average molecular weight is 265 g/mol. The van der Waals surface area contributed by atoms with Crippen molar-refractivity contribution in [2.75, 3.05) is 5.75 Å². The van der Waals surface area contributed by atoms with E-state index in [2.05, 4.69) is 5.32 Å². The lowest BCUT2D eigenvalue weighted by Gasteiger charge is -2.17. The number of carboxylic acids is 1. The van der Waals surface area contributed by atoms with Gasteiger partial charge in [0.25, 0.3) is 0 Å². The Hall–Kier alpha value is -1.49. The first-order valence-corrected chi connectivity index (χ1v) is 6.93. The van der Waals surface area contributed by atoms with Gasteiger partial charge in [-0.05, 0) is 24.2 Å². The molecule has 1 heterocycles. The normalized spacial score (nSPS) is 20.3. The molecule has 2 rings (SSSR count). The quantitative estimate of drug-likeness (QED) is 0.871. The molecule has 4 nitrogen and oxygen atoms in total. The van der Waals surface area contributed by atoms with Gasteiger partial charge < -0.3 is 10.4 Å². The summed E-state index contributed by atoms with van der Waals surface area (Å²) in [6.45, 7) is 0. The zero-order chi connectivity index (χ0) is 13.0. The topological polar surface area (TPSA) is 66.4 Å². The van der Waals surface area contributed by atoms with Crippen LogP contribution in [-0.2, 0) is 9.59 Å². The number of carbonyl (C=O) groups excluding carboxylic acids is 1. The van der Waals surface area contributed by atoms with E-state index in [0.717, 1.165) is 18.6 Å². The molecule has 1 aromatic carbocycles. The van der Waals surface area contributed by atoms with Gasteiger partial charge in [-0.3, -0.25) is 4.79 Å². The Morgan fingerprint density at radius 1 is 1.33 bits per heavy atom. The van der Waals surface area contributed by atoms with Crippen molar-refractivity contribution in [2.24, 2.45) is 0 Å². The molecule has 0 radical (unpaired) electrons. The van der Waals surface area contributed by atoms with Crippen LogP contribution in [0, 0.1) is 0 Å². The second-order valence-electron chi connectivity index (χ2n) is 4.19. The van der Waals surface area contributed by atoms with Crippen LogP contribution in [-0.4, -0.2) is 28.0 Å². The number of hydrogen-bond donors (Lipinski definition) is 2. The number of rotatable bonds is 4. The lowest BCUT2D eigenvalue weighted by molar-refractivity contribution is -0.142. The van der Waals surface area contributed by atoms with Gasteiger partial charge in [0.15, 0.2) is 6.04 Å². The molecule has 5 heteroatoms. The number of carboxylic acid groups (broad SMARTS) is 1. The lowest BCUT2D eigenvalue weighted by atomic mass is 10.1. The minimum absolute atomic E-state index is 0.101. The highest BCUT2D eigenvalue weighted by Crippen LogP contribution is 2.27. The highest BCUT2D eigenvalue weighted by Gasteiger charge is 2.28. The summed E-state index contributed by atoms with van der Waals surface area (Å²) in [5.41, 5.74) is 0.598. The first-order chi connectivity index (χ1) is 8.68. The maximum absolute atomic E-state index is 11.9. The van der Waals surface area contributed by atoms with Gasteiger partial charge in [-0.25, -0.2) is 4.79 Å². The van der Waals surface area contributed by atoms with Gasteiger partial charge in [0.1, 0.15) is 0 Å². The van der Waals surface area contributed by atoms with Gasteiger partial charge in [-0.2, -0.15) is 0 Å². The van der Waals surface area contributed by atoms with Crippen molar-refractivity contribution >= 4 is 23.6 Å². The van der Waals surface area contributed by atoms with Crippen molar-refractivity contribution < 1.29 is 14.7 Å². The van der Waals surface area contributed by atoms with Crippen LogP contribution < -0.4 is 5.32 Å². The second kappa shape index (κ2) is 5.91. The largest absolute Gasteiger partial charge is 0.479 e. The minimum atomic E-state index is -1.03. The fraction of sp³-hybridized carbons (Fsp3) is 0.385. The van der Waals surface area contributed by atoms with E-state index in [1.807, 2.05) is 6.07 Å². The standard InChI is InChI=1S/C13H15NO3S/c15-12(10-7-4-8-18-10)14-11(13(16)17)9-5-2-1-3-6-9/h1-3,5-6,10-11H,4,7-8H2,(H,14,15)(H,16,17). The van der Waals surface area contributed by atoms with Gasteiger partial charge >= 0.3 is 5.97 Å². The Morgan fingerprint density at radius 3 is 2.61 bits per heavy atom. The molecule has 2 N–H and O–H groups in total. The van der Waals surface area contributed by atoms with Gasteiger partial charge in [-0.1, -0.05) is 30.3 Å². The van der Waals surface area contributed by atoms with Crippen molar-refractivity contribution in [3.8, 4) is 0 Å². The predicted octanol–water partition coefficient (Wildman–Crippen LogP) is 1.82. The monoisotopic (exact) mass is 265 g/mol. The molecule has 0 aliphatic carbocycles. The van der Waals surface area contributed by atoms with E-state index in [1.54, 1.807) is 36.0 Å². The summed E-state index contributed by atoms with van der Waals surface area (Å²) in [6, 6.07) is 7.81. The maximum atomic E-state index is 11.9. The van der Waals surface area contributed by atoms with Crippen LogP contribution in [0.15, 0.2) is 30.3 Å². The molecule has 1 amide bonds. The van der Waals surface area contributed by atoms with Crippen LogP contribution in [0.5, 0.6) is 0 Å². The Morgan fingerprint density at radius 2 is 2.06 bits per heavy atom. The lowest BCUT2D eigenvalue weighted by Crippen LogP contribution is -2.38. The van der Waals surface area contributed by atoms with Crippen LogP contribution in [0.2, 0.25) is 0 Å². The summed E-state index contributed by atoms with van der Waals surface area (Å²) in [5.74, 6) is -0.229. The van der Waals surface area contributed by atoms with E-state index in [1.165, 1.54) is 0 Å². The van der Waals surface area contributed by atoms with Crippen LogP contribution >= 0.6 is 11.8 Å². The molecular formula is C13H15NO3S. The molecule has 0 saturated carbocycles. The molecule has 0 bridgehead atoms. The third-order valence-corrected chi connectivity index (χ3v) is 4.27. The number of nitrogens with one attached hydrogen (secondary N) is 1. The summed E-state index contributed by atoms with van der Waals surface area (Å²) in [5, 5.41) is 11.7. The van der Waals surface area contributed by atoms with Crippen molar-refractivity contribution in [2.45, 2.75) is 24.1 Å². The minimum Gasteiger partial charge on any atom is -0.479 e. The summed E-state index contributed by atoms with van der Waals surface area (Å²) in [6.07, 6.45) is 1.85. The first-order valence-electron chi connectivity index (χ1n) is 5.88. The van der Waals surface area contributed by atoms with Gasteiger partial charge in [-0.15, -0.1) is 11.8 Å². The Kier molecular flexibility index (Phi) is 4.25. The van der Waals surface area contributed by atoms with Crippen LogP contribution in [0.3, 0.4) is 0 Å². The zero-order valence-electron chi connectivity index (χ0n) is 9.83. The maximum Gasteiger partial charge on any atom is 0.330 e. The van der Waals surface area contributed by atoms with Gasteiger partial charge in [0.05, 0.1) is 5.25 Å². The highest BCUT2D eigenvalue weighted by atomic mass is 32.2. The Balaban J connectivity index is 2.07. The number of amides is 1. The molecule has 1 aromatic rings. The van der Waals surface area contributed by atoms with E-state index < -0.39 is 12.0 Å². The van der Waals surface area contributed by atoms with Gasteiger partial charge in [0, 0.05) is 0 Å². The van der Waals surface area contributed by atoms with E-state index in [0.29, 0.717) is 5.56 Å². The fourth-order valence-electron chi connectivity index (χ4n) is 1.95. The molecule has 0 aromatic heterocycles. The number of carbonyl (C=O) groups is 2. The van der Waals surface area contributed by atoms with Crippen LogP contribution in [0.1, 0.15) is 24.4 Å². The molecule has 1 saturated heterocycles. The second-order valence-corrected chi connectivity index (χ2v) is 5.50. The first kappa shape index (κ1) is 13.0. The predicted molar refractivity (Wildman–Crippen MR) is 70.4 cm³/mol. The van der Waals surface area contributed by atoms with Crippen molar-refractivity contribution in [1.82, 2.24) is 5.32 Å². The van der Waals surface area contributed by atoms with E-state index in [-0.39, 0.29) is 11.2 Å². The SMILES string of the molecule is O=C(NC(C(=O)O)c1ccccc1)C1CCCS1. The smallest absolute Gasteiger partial charge is 0.330 e. The number of hydrogen-bond acceptors (Lipinski definition) is 3. The fourth-order valence-corrected chi connectivity index (χ4v) is 3.12. The molecule has 2 unspecified atom stereocenters. The average Bonchev–Trinajstić information content (AvgIpc) is 2.90. The van der Waals surface area contributed by atoms with Gasteiger partial charge in [0.2, 0.25) is 5.91 Å². The molecular weight excluding hydrogens is 250 g/mol. The van der Waals surface area contributed by atoms with Crippen molar-refractivity contribution in [1.29, 1.82) is 0 Å².